The molecule has 3 aromatic rings. The van der Waals surface area contributed by atoms with E-state index >= 15 is 0 Å². The van der Waals surface area contributed by atoms with Gasteiger partial charge in [0.15, 0.2) is 11.6 Å². The van der Waals surface area contributed by atoms with E-state index in [1.54, 1.807) is 13.0 Å². The van der Waals surface area contributed by atoms with Crippen molar-refractivity contribution < 1.29 is 4.52 Å². The Hall–Kier alpha value is -2.67. The van der Waals surface area contributed by atoms with Gasteiger partial charge < -0.3 is 15.2 Å². The van der Waals surface area contributed by atoms with Crippen LogP contribution in [0, 0.1) is 13.8 Å². The molecule has 2 heterocycles. The van der Waals surface area contributed by atoms with E-state index in [2.05, 4.69) is 31.0 Å². The number of nitrogens with zero attached hydrogens (tertiary/aromatic N) is 4. The van der Waals surface area contributed by atoms with Gasteiger partial charge >= 0.3 is 0 Å². The van der Waals surface area contributed by atoms with Gasteiger partial charge in [0.2, 0.25) is 5.95 Å². The maximum absolute atomic E-state index is 6.10. The predicted molar refractivity (Wildman–Crippen MR) is 83.8 cm³/mol. The van der Waals surface area contributed by atoms with Crippen LogP contribution in [-0.2, 0) is 0 Å². The average Bonchev–Trinajstić information content (AvgIpc) is 2.89. The lowest BCUT2D eigenvalue weighted by molar-refractivity contribution is 0.400. The van der Waals surface area contributed by atoms with E-state index in [4.69, 9.17) is 16.1 Å². The van der Waals surface area contributed by atoms with E-state index in [9.17, 15) is 0 Å². The van der Waals surface area contributed by atoms with Gasteiger partial charge in [0.25, 0.3) is 0 Å². The number of aryl methyl sites for hydroxylation is 2. The summed E-state index contributed by atoms with van der Waals surface area (Å²) in [6, 6.07) is 7.41. The summed E-state index contributed by atoms with van der Waals surface area (Å²) < 4.78 is 4.97. The molecule has 0 atom stereocenters. The van der Waals surface area contributed by atoms with Crippen molar-refractivity contribution in [3.63, 3.8) is 0 Å². The number of hydrogen-bond acceptors (Lipinski definition) is 7. The summed E-state index contributed by atoms with van der Waals surface area (Å²) in [7, 11) is 0. The van der Waals surface area contributed by atoms with Crippen molar-refractivity contribution in [3.05, 3.63) is 46.8 Å². The molecule has 0 bridgehead atoms. The molecule has 0 fully saturated rings. The molecule has 0 aliphatic heterocycles. The zero-order valence-corrected chi connectivity index (χ0v) is 12.7. The number of benzene rings is 1. The Kier molecular flexibility index (Phi) is 3.88. The van der Waals surface area contributed by atoms with Crippen LogP contribution in [0.25, 0.3) is 0 Å². The molecule has 0 aliphatic carbocycles. The monoisotopic (exact) mass is 316 g/mol. The predicted octanol–water partition coefficient (Wildman–Crippen LogP) is 3.62. The fourth-order valence-corrected chi connectivity index (χ4v) is 1.96. The second-order valence-corrected chi connectivity index (χ2v) is 5.11. The summed E-state index contributed by atoms with van der Waals surface area (Å²) >= 11 is 6.10. The lowest BCUT2D eigenvalue weighted by Crippen LogP contribution is -2.02. The van der Waals surface area contributed by atoms with E-state index in [1.165, 1.54) is 6.20 Å². The summed E-state index contributed by atoms with van der Waals surface area (Å²) in [5.74, 6) is 2.07. The van der Waals surface area contributed by atoms with Gasteiger partial charge in [-0.25, -0.2) is 0 Å². The van der Waals surface area contributed by atoms with Crippen LogP contribution in [0.5, 0.6) is 0 Å². The van der Waals surface area contributed by atoms with Crippen molar-refractivity contribution in [1.29, 1.82) is 0 Å². The van der Waals surface area contributed by atoms with E-state index in [0.717, 1.165) is 11.3 Å². The molecular weight excluding hydrogens is 304 g/mol. The van der Waals surface area contributed by atoms with Gasteiger partial charge in [-0.1, -0.05) is 22.8 Å². The highest BCUT2D eigenvalue weighted by atomic mass is 35.5. The molecular formula is C14H13ClN6O. The van der Waals surface area contributed by atoms with Gasteiger partial charge in [-0.2, -0.15) is 10.1 Å². The Morgan fingerprint density at radius 1 is 1.09 bits per heavy atom. The van der Waals surface area contributed by atoms with Crippen molar-refractivity contribution in [2.45, 2.75) is 13.8 Å². The zero-order chi connectivity index (χ0) is 15.5. The fraction of sp³-hybridized carbons (Fsp3) is 0.143. The summed E-state index contributed by atoms with van der Waals surface area (Å²) in [5, 5.41) is 18.3. The smallest absolute Gasteiger partial charge is 0.250 e. The molecule has 0 saturated carbocycles. The van der Waals surface area contributed by atoms with Crippen LogP contribution in [0.2, 0.25) is 5.02 Å². The first-order valence-electron chi connectivity index (χ1n) is 6.53. The van der Waals surface area contributed by atoms with Crippen LogP contribution < -0.4 is 10.6 Å². The third-order valence-electron chi connectivity index (χ3n) is 2.87. The molecule has 2 aromatic heterocycles. The third kappa shape index (κ3) is 3.32. The van der Waals surface area contributed by atoms with E-state index in [-0.39, 0.29) is 0 Å². The molecule has 0 aliphatic rings. The highest BCUT2D eigenvalue weighted by Gasteiger charge is 2.05. The molecule has 0 saturated heterocycles. The molecule has 0 unspecified atom stereocenters. The first kappa shape index (κ1) is 14.3. The Morgan fingerprint density at radius 3 is 2.68 bits per heavy atom. The van der Waals surface area contributed by atoms with Crippen LogP contribution in [0.1, 0.15) is 11.3 Å². The van der Waals surface area contributed by atoms with Crippen molar-refractivity contribution in [2.75, 3.05) is 10.6 Å². The molecule has 0 spiro atoms. The minimum Gasteiger partial charge on any atom is -0.360 e. The molecule has 0 radical (unpaired) electrons. The fourth-order valence-electron chi connectivity index (χ4n) is 1.78. The SMILES string of the molecule is Cc1cc(Nc2nncc(Nc3ccc(C)c(Cl)c3)n2)no1. The van der Waals surface area contributed by atoms with E-state index in [0.29, 0.717) is 28.4 Å². The van der Waals surface area contributed by atoms with Crippen LogP contribution in [0.4, 0.5) is 23.3 Å². The summed E-state index contributed by atoms with van der Waals surface area (Å²) in [6.45, 7) is 3.75. The zero-order valence-electron chi connectivity index (χ0n) is 12.0. The number of aromatic nitrogens is 4. The molecule has 1 aromatic carbocycles. The first-order valence-corrected chi connectivity index (χ1v) is 6.91. The molecule has 7 nitrogen and oxygen atoms in total. The van der Waals surface area contributed by atoms with Crippen molar-refractivity contribution in [2.24, 2.45) is 0 Å². The number of anilines is 4. The Labute approximate surface area is 131 Å². The largest absolute Gasteiger partial charge is 0.360 e. The molecule has 112 valence electrons. The van der Waals surface area contributed by atoms with Crippen molar-refractivity contribution in [3.8, 4) is 0 Å². The van der Waals surface area contributed by atoms with Gasteiger partial charge in [0.1, 0.15) is 5.76 Å². The van der Waals surface area contributed by atoms with E-state index in [1.807, 2.05) is 25.1 Å². The Balaban J connectivity index is 1.77. The standard InChI is InChI=1S/C14H13ClN6O/c1-8-3-4-10(6-11(8)15)17-13-7-16-20-14(19-13)18-12-5-9(2)22-21-12/h3-7H,1-2H3,(H2,17,18,19,20,21). The maximum atomic E-state index is 6.10. The number of hydrogen-bond donors (Lipinski definition) is 2. The molecule has 2 N–H and O–H groups in total. The topological polar surface area (TPSA) is 88.8 Å². The van der Waals surface area contributed by atoms with E-state index < -0.39 is 0 Å². The van der Waals surface area contributed by atoms with Crippen molar-refractivity contribution in [1.82, 2.24) is 20.3 Å². The Morgan fingerprint density at radius 2 is 1.95 bits per heavy atom. The lowest BCUT2D eigenvalue weighted by atomic mass is 10.2. The second kappa shape index (κ2) is 5.98. The summed E-state index contributed by atoms with van der Waals surface area (Å²) in [5.41, 5.74) is 1.83. The van der Waals surface area contributed by atoms with Crippen LogP contribution in [0.3, 0.4) is 0 Å². The average molecular weight is 317 g/mol. The normalized spacial score (nSPS) is 10.5. The van der Waals surface area contributed by atoms with Gasteiger partial charge in [-0.15, -0.1) is 5.10 Å². The van der Waals surface area contributed by atoms with Crippen LogP contribution >= 0.6 is 11.6 Å². The van der Waals surface area contributed by atoms with Crippen LogP contribution in [-0.4, -0.2) is 20.3 Å². The molecule has 22 heavy (non-hydrogen) atoms. The minimum atomic E-state index is 0.316. The van der Waals surface area contributed by atoms with Crippen molar-refractivity contribution >= 4 is 34.9 Å². The maximum Gasteiger partial charge on any atom is 0.250 e. The summed E-state index contributed by atoms with van der Waals surface area (Å²) in [6.07, 6.45) is 1.52. The highest BCUT2D eigenvalue weighted by molar-refractivity contribution is 6.31. The highest BCUT2D eigenvalue weighted by Crippen LogP contribution is 2.22. The number of halogens is 1. The summed E-state index contributed by atoms with van der Waals surface area (Å²) in [4.78, 5) is 4.30. The second-order valence-electron chi connectivity index (χ2n) is 4.70. The Bertz CT molecular complexity index is 804. The first-order chi connectivity index (χ1) is 10.6. The van der Waals surface area contributed by atoms with Gasteiger partial charge in [-0.3, -0.25) is 0 Å². The third-order valence-corrected chi connectivity index (χ3v) is 3.28. The van der Waals surface area contributed by atoms with Gasteiger partial charge in [0, 0.05) is 16.8 Å². The number of nitrogens with one attached hydrogen (secondary N) is 2. The molecule has 3 rings (SSSR count). The van der Waals surface area contributed by atoms with Gasteiger partial charge in [-0.05, 0) is 31.5 Å². The minimum absolute atomic E-state index is 0.316. The van der Waals surface area contributed by atoms with Crippen LogP contribution in [0.15, 0.2) is 35.0 Å². The molecule has 8 heteroatoms. The molecule has 0 amide bonds. The van der Waals surface area contributed by atoms with Gasteiger partial charge in [0.05, 0.1) is 6.20 Å². The quantitative estimate of drug-likeness (QED) is 0.759. The lowest BCUT2D eigenvalue weighted by Gasteiger charge is -2.07. The number of rotatable bonds is 4.